The van der Waals surface area contributed by atoms with Crippen LogP contribution in [0.2, 0.25) is 5.02 Å². The second-order valence-corrected chi connectivity index (χ2v) is 6.64. The number of nitrogens with one attached hydrogen (secondary N) is 1. The van der Waals surface area contributed by atoms with Gasteiger partial charge in [-0.25, -0.2) is 0 Å². The molecule has 7 heteroatoms. The zero-order chi connectivity index (χ0) is 18.0. The van der Waals surface area contributed by atoms with Crippen LogP contribution in [0.15, 0.2) is 48.5 Å². The van der Waals surface area contributed by atoms with Gasteiger partial charge < -0.3 is 16.0 Å². The Kier molecular flexibility index (Phi) is 6.64. The van der Waals surface area contributed by atoms with Gasteiger partial charge in [0.05, 0.1) is 0 Å². The summed E-state index contributed by atoms with van der Waals surface area (Å²) in [4.78, 5) is 26.6. The minimum atomic E-state index is -0.794. The van der Waals surface area contributed by atoms with Gasteiger partial charge in [0.15, 0.2) is 0 Å². The molecule has 2 aromatic rings. The number of rotatable bonds is 4. The number of nitrogens with two attached hydrogens (primary N) is 1. The lowest BCUT2D eigenvalue weighted by Gasteiger charge is -2.19. The van der Waals surface area contributed by atoms with Crippen LogP contribution in [0.25, 0.3) is 0 Å². The van der Waals surface area contributed by atoms with Gasteiger partial charge >= 0.3 is 0 Å². The van der Waals surface area contributed by atoms with E-state index in [0.29, 0.717) is 18.0 Å². The Bertz CT molecular complexity index is 778. The molecule has 0 aromatic heterocycles. The van der Waals surface area contributed by atoms with Crippen LogP contribution in [0.3, 0.4) is 0 Å². The summed E-state index contributed by atoms with van der Waals surface area (Å²) in [6.07, 6.45) is 0.549. The van der Waals surface area contributed by atoms with Crippen LogP contribution in [-0.2, 0) is 9.59 Å². The van der Waals surface area contributed by atoms with Crippen molar-refractivity contribution in [2.45, 2.75) is 25.4 Å². The number of halogens is 2. The summed E-state index contributed by atoms with van der Waals surface area (Å²) < 4.78 is 0. The van der Waals surface area contributed by atoms with Crippen LogP contribution in [0.5, 0.6) is 0 Å². The van der Waals surface area contributed by atoms with E-state index >= 15 is 0 Å². The fourth-order valence-electron chi connectivity index (χ4n) is 2.88. The molecule has 1 aliphatic rings. The highest BCUT2D eigenvalue weighted by Crippen LogP contribution is 2.23. The molecule has 2 aromatic carbocycles. The van der Waals surface area contributed by atoms with Gasteiger partial charge in [-0.3, -0.25) is 9.59 Å². The second-order valence-electron chi connectivity index (χ2n) is 6.20. The van der Waals surface area contributed by atoms with E-state index in [4.69, 9.17) is 17.3 Å². The highest BCUT2D eigenvalue weighted by atomic mass is 35.5. The summed E-state index contributed by atoms with van der Waals surface area (Å²) in [5.74, 6) is -0.480. The van der Waals surface area contributed by atoms with Gasteiger partial charge in [0.1, 0.15) is 12.1 Å². The molecule has 3 N–H and O–H groups in total. The molecule has 1 heterocycles. The molecule has 0 spiro atoms. The first-order valence-electron chi connectivity index (χ1n) is 8.15. The maximum Gasteiger partial charge on any atom is 0.249 e. The van der Waals surface area contributed by atoms with E-state index in [1.165, 1.54) is 0 Å². The van der Waals surface area contributed by atoms with Crippen LogP contribution < -0.4 is 16.0 Å². The van der Waals surface area contributed by atoms with E-state index < -0.39 is 12.1 Å². The molecule has 2 atom stereocenters. The molecule has 1 aliphatic heterocycles. The average Bonchev–Trinajstić information content (AvgIpc) is 2.96. The first kappa shape index (κ1) is 20.2. The summed E-state index contributed by atoms with van der Waals surface area (Å²) in [5.41, 5.74) is 8.62. The zero-order valence-corrected chi connectivity index (χ0v) is 15.9. The summed E-state index contributed by atoms with van der Waals surface area (Å²) in [5, 5.41) is 3.39. The number of carbonyl (C=O) groups excluding carboxylic acids is 2. The van der Waals surface area contributed by atoms with Crippen molar-refractivity contribution in [3.63, 3.8) is 0 Å². The number of nitrogens with zero attached hydrogens (tertiary/aromatic N) is 1. The third-order valence-electron chi connectivity index (χ3n) is 4.38. The highest BCUT2D eigenvalue weighted by Gasteiger charge is 2.34. The first-order valence-corrected chi connectivity index (χ1v) is 8.53. The number of benzene rings is 2. The largest absolute Gasteiger partial charge is 0.343 e. The number of amides is 2. The molecule has 138 valence electrons. The standard InChI is InChI=1S/C19H20ClN3O2.ClH/c1-12-2-4-13(5-3-12)17(21)18(24)22-16-10-11-23(19(16)25)15-8-6-14(20)7-9-15;/h2-9,16-17H,10-11,21H2,1H3,(H,22,24);1H. The fourth-order valence-corrected chi connectivity index (χ4v) is 3.00. The molecule has 2 amide bonds. The van der Waals surface area contributed by atoms with Crippen molar-refractivity contribution in [3.8, 4) is 0 Å². The average molecular weight is 394 g/mol. The predicted molar refractivity (Wildman–Crippen MR) is 106 cm³/mol. The van der Waals surface area contributed by atoms with Crippen LogP contribution in [-0.4, -0.2) is 24.4 Å². The third-order valence-corrected chi connectivity index (χ3v) is 4.63. The number of anilines is 1. The number of hydrogen-bond acceptors (Lipinski definition) is 3. The Hall–Kier alpha value is -2.08. The predicted octanol–water partition coefficient (Wildman–Crippen LogP) is 2.99. The maximum absolute atomic E-state index is 12.6. The fraction of sp³-hybridized carbons (Fsp3) is 0.263. The minimum Gasteiger partial charge on any atom is -0.343 e. The minimum absolute atomic E-state index is 0. The monoisotopic (exact) mass is 393 g/mol. The van der Waals surface area contributed by atoms with Crippen LogP contribution in [0.4, 0.5) is 5.69 Å². The zero-order valence-electron chi connectivity index (χ0n) is 14.3. The molecule has 26 heavy (non-hydrogen) atoms. The van der Waals surface area contributed by atoms with Crippen molar-refractivity contribution in [2.24, 2.45) is 5.73 Å². The third kappa shape index (κ3) is 4.36. The number of carbonyl (C=O) groups is 2. The van der Waals surface area contributed by atoms with Crippen molar-refractivity contribution in [2.75, 3.05) is 11.4 Å². The quantitative estimate of drug-likeness (QED) is 0.837. The molecule has 0 aliphatic carbocycles. The van der Waals surface area contributed by atoms with Gasteiger partial charge in [-0.1, -0.05) is 41.4 Å². The van der Waals surface area contributed by atoms with Gasteiger partial charge in [0.2, 0.25) is 11.8 Å². The number of hydrogen-bond donors (Lipinski definition) is 2. The van der Waals surface area contributed by atoms with Crippen LogP contribution in [0, 0.1) is 6.92 Å². The van der Waals surface area contributed by atoms with E-state index in [1.54, 1.807) is 29.2 Å². The molecule has 3 rings (SSSR count). The summed E-state index contributed by atoms with van der Waals surface area (Å²) in [6.45, 7) is 2.52. The van der Waals surface area contributed by atoms with Crippen LogP contribution >= 0.6 is 24.0 Å². The van der Waals surface area contributed by atoms with E-state index in [9.17, 15) is 9.59 Å². The molecular weight excluding hydrogens is 373 g/mol. The van der Waals surface area contributed by atoms with Crippen molar-refractivity contribution >= 4 is 41.5 Å². The topological polar surface area (TPSA) is 75.4 Å². The van der Waals surface area contributed by atoms with Crippen molar-refractivity contribution in [1.82, 2.24) is 5.32 Å². The molecule has 1 fully saturated rings. The van der Waals surface area contributed by atoms with Crippen molar-refractivity contribution in [3.05, 3.63) is 64.7 Å². The number of aryl methyl sites for hydroxylation is 1. The Balaban J connectivity index is 0.00000243. The Morgan fingerprint density at radius 3 is 2.42 bits per heavy atom. The molecular formula is C19H21Cl2N3O2. The normalized spacial score (nSPS) is 17.6. The first-order chi connectivity index (χ1) is 12.0. The SMILES string of the molecule is Cc1ccc(C(N)C(=O)NC2CCN(c3ccc(Cl)cc3)C2=O)cc1.Cl. The summed E-state index contributed by atoms with van der Waals surface area (Å²) in [7, 11) is 0. The Labute approximate surface area is 163 Å². The lowest BCUT2D eigenvalue weighted by atomic mass is 10.0. The van der Waals surface area contributed by atoms with Crippen LogP contribution in [0.1, 0.15) is 23.6 Å². The van der Waals surface area contributed by atoms with Gasteiger partial charge in [-0.2, -0.15) is 0 Å². The Morgan fingerprint density at radius 1 is 1.19 bits per heavy atom. The molecule has 0 bridgehead atoms. The molecule has 2 unspecified atom stereocenters. The molecule has 0 saturated carbocycles. The van der Waals surface area contributed by atoms with Gasteiger partial charge in [0, 0.05) is 17.3 Å². The van der Waals surface area contributed by atoms with E-state index in [2.05, 4.69) is 5.32 Å². The molecule has 5 nitrogen and oxygen atoms in total. The van der Waals surface area contributed by atoms with Crippen molar-refractivity contribution in [1.29, 1.82) is 0 Å². The van der Waals surface area contributed by atoms with E-state index in [-0.39, 0.29) is 24.2 Å². The smallest absolute Gasteiger partial charge is 0.249 e. The second kappa shape index (κ2) is 8.54. The van der Waals surface area contributed by atoms with Gasteiger partial charge in [0.25, 0.3) is 0 Å². The van der Waals surface area contributed by atoms with Gasteiger partial charge in [-0.15, -0.1) is 12.4 Å². The summed E-state index contributed by atoms with van der Waals surface area (Å²) >= 11 is 5.88. The lowest BCUT2D eigenvalue weighted by molar-refractivity contribution is -0.127. The summed E-state index contributed by atoms with van der Waals surface area (Å²) in [6, 6.07) is 13.2. The maximum atomic E-state index is 12.6. The lowest BCUT2D eigenvalue weighted by Crippen LogP contribution is -2.45. The van der Waals surface area contributed by atoms with Crippen molar-refractivity contribution < 1.29 is 9.59 Å². The van der Waals surface area contributed by atoms with E-state index in [0.717, 1.165) is 16.8 Å². The Morgan fingerprint density at radius 2 is 1.81 bits per heavy atom. The molecule has 1 saturated heterocycles. The van der Waals surface area contributed by atoms with Gasteiger partial charge in [-0.05, 0) is 43.2 Å². The highest BCUT2D eigenvalue weighted by molar-refractivity contribution is 6.30. The van der Waals surface area contributed by atoms with E-state index in [1.807, 2.05) is 31.2 Å². The molecule has 0 radical (unpaired) electrons.